The molecule has 4 nitrogen and oxygen atoms in total. The van der Waals surface area contributed by atoms with Gasteiger partial charge < -0.3 is 14.8 Å². The highest BCUT2D eigenvalue weighted by molar-refractivity contribution is 7.98. The number of hydrogen-bond acceptors (Lipinski definition) is 4. The number of aryl methyl sites for hydroxylation is 1. The number of nitrogens with one attached hydrogen (secondary N) is 1. The molecule has 0 aliphatic heterocycles. The normalized spacial score (nSPS) is 11.6. The van der Waals surface area contributed by atoms with Gasteiger partial charge in [-0.25, -0.2) is 0 Å². The van der Waals surface area contributed by atoms with E-state index in [0.717, 1.165) is 17.3 Å². The van der Waals surface area contributed by atoms with Gasteiger partial charge in [-0.1, -0.05) is 29.8 Å². The van der Waals surface area contributed by atoms with E-state index < -0.39 is 0 Å². The summed E-state index contributed by atoms with van der Waals surface area (Å²) >= 11 is 1.79. The molecule has 0 spiro atoms. The second-order valence-electron chi connectivity index (χ2n) is 7.16. The monoisotopic (exact) mass is 421 g/mol. The van der Waals surface area contributed by atoms with Crippen molar-refractivity contribution >= 4 is 17.7 Å². The first-order valence-electron chi connectivity index (χ1n) is 9.89. The van der Waals surface area contributed by atoms with Crippen LogP contribution < -0.4 is 14.8 Å². The van der Waals surface area contributed by atoms with E-state index in [1.807, 2.05) is 55.5 Å². The van der Waals surface area contributed by atoms with Crippen molar-refractivity contribution in [3.63, 3.8) is 0 Å². The number of hydrogen-bond donors (Lipinski definition) is 1. The molecule has 1 atom stereocenters. The van der Waals surface area contributed by atoms with E-state index in [-0.39, 0.29) is 11.9 Å². The Labute approximate surface area is 182 Å². The molecule has 0 saturated carbocycles. The minimum Gasteiger partial charge on any atom is -0.497 e. The van der Waals surface area contributed by atoms with Crippen LogP contribution in [0.2, 0.25) is 0 Å². The zero-order valence-corrected chi connectivity index (χ0v) is 18.4. The van der Waals surface area contributed by atoms with Gasteiger partial charge in [0.15, 0.2) is 0 Å². The fraction of sp³-hybridized carbons (Fsp3) is 0.240. The number of rotatable bonds is 9. The van der Waals surface area contributed by atoms with Crippen LogP contribution in [0.5, 0.6) is 11.5 Å². The number of methoxy groups -OCH3 is 1. The molecule has 3 aromatic rings. The van der Waals surface area contributed by atoms with Crippen molar-refractivity contribution < 1.29 is 14.3 Å². The van der Waals surface area contributed by atoms with Crippen molar-refractivity contribution in [1.29, 1.82) is 0 Å². The highest BCUT2D eigenvalue weighted by Gasteiger charge is 2.11. The van der Waals surface area contributed by atoms with Crippen LogP contribution in [0.25, 0.3) is 0 Å². The second kappa shape index (κ2) is 10.7. The molecule has 5 heteroatoms. The zero-order valence-electron chi connectivity index (χ0n) is 17.6. The van der Waals surface area contributed by atoms with E-state index in [1.54, 1.807) is 18.9 Å². The molecule has 0 radical (unpaired) electrons. The van der Waals surface area contributed by atoms with Gasteiger partial charge in [0.1, 0.15) is 18.1 Å². The molecule has 1 unspecified atom stereocenters. The summed E-state index contributed by atoms with van der Waals surface area (Å²) in [7, 11) is 1.63. The van der Waals surface area contributed by atoms with Crippen molar-refractivity contribution in [3.8, 4) is 11.5 Å². The van der Waals surface area contributed by atoms with Gasteiger partial charge in [0.05, 0.1) is 13.2 Å². The summed E-state index contributed by atoms with van der Waals surface area (Å²) in [5.41, 5.74) is 3.10. The summed E-state index contributed by atoms with van der Waals surface area (Å²) in [5.74, 6) is 2.30. The lowest BCUT2D eigenvalue weighted by atomic mass is 10.1. The fourth-order valence-electron chi connectivity index (χ4n) is 2.80. The van der Waals surface area contributed by atoms with E-state index in [9.17, 15) is 4.79 Å². The average Bonchev–Trinajstić information content (AvgIpc) is 2.78. The maximum absolute atomic E-state index is 12.5. The van der Waals surface area contributed by atoms with Crippen LogP contribution in [0.4, 0.5) is 0 Å². The van der Waals surface area contributed by atoms with Gasteiger partial charge in [-0.15, -0.1) is 11.8 Å². The minimum atomic E-state index is -0.114. The Balaban J connectivity index is 1.45. The molecule has 0 heterocycles. The molecule has 156 valence electrons. The van der Waals surface area contributed by atoms with Crippen LogP contribution in [0.15, 0.2) is 77.7 Å². The minimum absolute atomic E-state index is 0.0985. The summed E-state index contributed by atoms with van der Waals surface area (Å²) in [6.07, 6.45) is 0. The van der Waals surface area contributed by atoms with E-state index in [0.29, 0.717) is 12.2 Å². The molecule has 1 N–H and O–H groups in total. The number of carbonyl (C=O) groups is 1. The summed E-state index contributed by atoms with van der Waals surface area (Å²) in [5, 5.41) is 2.98. The highest BCUT2D eigenvalue weighted by Crippen LogP contribution is 2.23. The third-order valence-corrected chi connectivity index (χ3v) is 5.66. The first-order valence-corrected chi connectivity index (χ1v) is 10.9. The first kappa shape index (κ1) is 21.8. The fourth-order valence-corrected chi connectivity index (χ4v) is 3.65. The van der Waals surface area contributed by atoms with Crippen LogP contribution in [0.1, 0.15) is 28.4 Å². The van der Waals surface area contributed by atoms with Crippen LogP contribution in [-0.2, 0) is 5.75 Å². The Hall–Kier alpha value is -2.92. The molecule has 3 aromatic carbocycles. The van der Waals surface area contributed by atoms with Gasteiger partial charge in [-0.3, -0.25) is 4.79 Å². The number of benzene rings is 3. The number of carbonyl (C=O) groups excluding carboxylic acids is 1. The average molecular weight is 422 g/mol. The van der Waals surface area contributed by atoms with Crippen molar-refractivity contribution in [1.82, 2.24) is 5.32 Å². The SMILES string of the molecule is COc1ccc(OCC(C)NC(=O)c2ccc(CSc3ccc(C)cc3)cc2)cc1. The Morgan fingerprint density at radius 2 is 1.57 bits per heavy atom. The third kappa shape index (κ3) is 6.56. The summed E-state index contributed by atoms with van der Waals surface area (Å²) in [4.78, 5) is 13.7. The smallest absolute Gasteiger partial charge is 0.251 e. The molecule has 30 heavy (non-hydrogen) atoms. The predicted molar refractivity (Wildman–Crippen MR) is 123 cm³/mol. The van der Waals surface area contributed by atoms with Crippen LogP contribution in [0, 0.1) is 6.92 Å². The third-order valence-electron chi connectivity index (χ3n) is 4.58. The number of thioether (sulfide) groups is 1. The highest BCUT2D eigenvalue weighted by atomic mass is 32.2. The largest absolute Gasteiger partial charge is 0.497 e. The van der Waals surface area contributed by atoms with Crippen LogP contribution >= 0.6 is 11.8 Å². The van der Waals surface area contributed by atoms with Crippen molar-refractivity contribution in [2.45, 2.75) is 30.5 Å². The lowest BCUT2D eigenvalue weighted by Crippen LogP contribution is -2.36. The molecular weight excluding hydrogens is 394 g/mol. The van der Waals surface area contributed by atoms with Crippen molar-refractivity contribution in [2.75, 3.05) is 13.7 Å². The molecule has 0 aromatic heterocycles. The Kier molecular flexibility index (Phi) is 7.80. The zero-order chi connectivity index (χ0) is 21.3. The molecule has 0 bridgehead atoms. The Bertz CT molecular complexity index is 938. The first-order chi connectivity index (χ1) is 14.5. The van der Waals surface area contributed by atoms with Crippen molar-refractivity contribution in [3.05, 3.63) is 89.5 Å². The van der Waals surface area contributed by atoms with Crippen LogP contribution in [0.3, 0.4) is 0 Å². The van der Waals surface area contributed by atoms with Gasteiger partial charge >= 0.3 is 0 Å². The van der Waals surface area contributed by atoms with Gasteiger partial charge in [0, 0.05) is 16.2 Å². The van der Waals surface area contributed by atoms with E-state index in [2.05, 4.69) is 36.5 Å². The topological polar surface area (TPSA) is 47.6 Å². The van der Waals surface area contributed by atoms with Gasteiger partial charge in [0.2, 0.25) is 0 Å². The van der Waals surface area contributed by atoms with Gasteiger partial charge in [-0.2, -0.15) is 0 Å². The molecule has 1 amide bonds. The summed E-state index contributed by atoms with van der Waals surface area (Å²) in [6.45, 7) is 4.40. The number of ether oxygens (including phenoxy) is 2. The molecule has 0 aliphatic rings. The Morgan fingerprint density at radius 1 is 0.933 bits per heavy atom. The van der Waals surface area contributed by atoms with E-state index in [4.69, 9.17) is 9.47 Å². The lowest BCUT2D eigenvalue weighted by Gasteiger charge is -2.15. The predicted octanol–water partition coefficient (Wildman–Crippen LogP) is 5.49. The van der Waals surface area contributed by atoms with Gasteiger partial charge in [0.25, 0.3) is 5.91 Å². The molecule has 3 rings (SSSR count). The van der Waals surface area contributed by atoms with E-state index in [1.165, 1.54) is 16.0 Å². The van der Waals surface area contributed by atoms with Gasteiger partial charge in [-0.05, 0) is 67.9 Å². The standard InChI is InChI=1S/C25H27NO3S/c1-18-4-14-24(15-5-18)30-17-20-6-8-21(9-7-20)25(27)26-19(2)16-29-23-12-10-22(28-3)11-13-23/h4-15,19H,16-17H2,1-3H3,(H,26,27). The lowest BCUT2D eigenvalue weighted by molar-refractivity contribution is 0.0926. The summed E-state index contributed by atoms with van der Waals surface area (Å²) < 4.78 is 10.9. The van der Waals surface area contributed by atoms with E-state index >= 15 is 0 Å². The maximum Gasteiger partial charge on any atom is 0.251 e. The van der Waals surface area contributed by atoms with Crippen LogP contribution in [-0.4, -0.2) is 25.7 Å². The number of amides is 1. The Morgan fingerprint density at radius 3 is 2.20 bits per heavy atom. The summed E-state index contributed by atoms with van der Waals surface area (Å²) in [6, 6.07) is 23.5. The molecule has 0 fully saturated rings. The second-order valence-corrected chi connectivity index (χ2v) is 8.21. The molecule has 0 saturated heterocycles. The molecular formula is C25H27NO3S. The quantitative estimate of drug-likeness (QED) is 0.464. The maximum atomic E-state index is 12.5. The molecule has 0 aliphatic carbocycles. The van der Waals surface area contributed by atoms with Crippen molar-refractivity contribution in [2.24, 2.45) is 0 Å².